The van der Waals surface area contributed by atoms with Crippen LogP contribution in [0.4, 0.5) is 30.7 Å². The Bertz CT molecular complexity index is 527. The normalized spacial score (nSPS) is 18.2. The molecular formula is C14H15F7N2. The fourth-order valence-electron chi connectivity index (χ4n) is 2.69. The Morgan fingerprint density at radius 1 is 1.00 bits per heavy atom. The standard InChI is InChI=1S/C14H15F7N2/c15-8-7-9(16)13(18)11(12(8)17)10(1-2-14(19,20)21)23-5-3-22-4-6-23/h7,10,22H,1-6H2/t10-/m0/s1. The van der Waals surface area contributed by atoms with Gasteiger partial charge in [-0.25, -0.2) is 17.6 Å². The minimum absolute atomic E-state index is 0.0484. The van der Waals surface area contributed by atoms with Crippen LogP contribution < -0.4 is 5.32 Å². The highest BCUT2D eigenvalue weighted by Gasteiger charge is 2.35. The Kier molecular flexibility index (Phi) is 5.51. The number of nitrogens with one attached hydrogen (secondary N) is 1. The first-order valence-corrected chi connectivity index (χ1v) is 7.05. The van der Waals surface area contributed by atoms with Gasteiger partial charge in [0.2, 0.25) is 0 Å². The van der Waals surface area contributed by atoms with Crippen LogP contribution >= 0.6 is 0 Å². The lowest BCUT2D eigenvalue weighted by Gasteiger charge is -2.35. The third-order valence-electron chi connectivity index (χ3n) is 3.77. The first kappa shape index (κ1) is 18.0. The van der Waals surface area contributed by atoms with E-state index >= 15 is 0 Å². The Morgan fingerprint density at radius 3 is 2.00 bits per heavy atom. The van der Waals surface area contributed by atoms with E-state index in [-0.39, 0.29) is 19.2 Å². The molecule has 1 aliphatic rings. The van der Waals surface area contributed by atoms with E-state index in [1.807, 2.05) is 0 Å². The van der Waals surface area contributed by atoms with Crippen molar-refractivity contribution in [3.05, 3.63) is 34.9 Å². The topological polar surface area (TPSA) is 15.3 Å². The van der Waals surface area contributed by atoms with Crippen molar-refractivity contribution in [3.8, 4) is 0 Å². The minimum atomic E-state index is -4.54. The van der Waals surface area contributed by atoms with Crippen LogP contribution in [-0.2, 0) is 0 Å². The smallest absolute Gasteiger partial charge is 0.314 e. The van der Waals surface area contributed by atoms with E-state index in [9.17, 15) is 30.7 Å². The van der Waals surface area contributed by atoms with Crippen LogP contribution in [0.3, 0.4) is 0 Å². The van der Waals surface area contributed by atoms with Gasteiger partial charge in [-0.3, -0.25) is 4.90 Å². The van der Waals surface area contributed by atoms with Crippen LogP contribution in [0, 0.1) is 23.3 Å². The summed E-state index contributed by atoms with van der Waals surface area (Å²) in [6.07, 6.45) is -6.52. The summed E-state index contributed by atoms with van der Waals surface area (Å²) in [5, 5.41) is 2.95. The lowest BCUT2D eigenvalue weighted by Crippen LogP contribution is -2.45. The van der Waals surface area contributed by atoms with Crippen LogP contribution in [-0.4, -0.2) is 37.3 Å². The molecule has 2 nitrogen and oxygen atoms in total. The number of piperazine rings is 1. The van der Waals surface area contributed by atoms with Crippen molar-refractivity contribution in [3.63, 3.8) is 0 Å². The number of hydrogen-bond acceptors (Lipinski definition) is 2. The molecule has 0 saturated carbocycles. The number of rotatable bonds is 4. The summed E-state index contributed by atoms with van der Waals surface area (Å²) < 4.78 is 92.2. The average Bonchev–Trinajstić information content (AvgIpc) is 2.48. The van der Waals surface area contributed by atoms with Gasteiger partial charge in [-0.2, -0.15) is 13.2 Å². The maximum absolute atomic E-state index is 14.0. The number of halogens is 7. The molecule has 0 bridgehead atoms. The molecule has 1 aliphatic heterocycles. The highest BCUT2D eigenvalue weighted by atomic mass is 19.4. The molecule has 23 heavy (non-hydrogen) atoms. The minimum Gasteiger partial charge on any atom is -0.314 e. The van der Waals surface area contributed by atoms with Crippen LogP contribution in [0.25, 0.3) is 0 Å². The summed E-state index contributed by atoms with van der Waals surface area (Å²) in [4.78, 5) is 1.41. The highest BCUT2D eigenvalue weighted by molar-refractivity contribution is 5.26. The fourth-order valence-corrected chi connectivity index (χ4v) is 2.69. The first-order valence-electron chi connectivity index (χ1n) is 7.05. The maximum Gasteiger partial charge on any atom is 0.389 e. The van der Waals surface area contributed by atoms with Gasteiger partial charge in [0.05, 0.1) is 0 Å². The summed E-state index contributed by atoms with van der Waals surface area (Å²) in [6.45, 7) is 1.26. The second kappa shape index (κ2) is 7.04. The van der Waals surface area contributed by atoms with E-state index in [4.69, 9.17) is 0 Å². The summed E-state index contributed by atoms with van der Waals surface area (Å²) in [6, 6.07) is -1.34. The molecule has 1 saturated heterocycles. The Morgan fingerprint density at radius 2 is 1.52 bits per heavy atom. The second-order valence-corrected chi connectivity index (χ2v) is 5.34. The van der Waals surface area contributed by atoms with Crippen molar-refractivity contribution in [2.45, 2.75) is 25.1 Å². The van der Waals surface area contributed by atoms with E-state index in [2.05, 4.69) is 5.32 Å². The second-order valence-electron chi connectivity index (χ2n) is 5.34. The van der Waals surface area contributed by atoms with E-state index in [0.717, 1.165) is 0 Å². The molecule has 0 aliphatic carbocycles. The van der Waals surface area contributed by atoms with Gasteiger partial charge in [-0.15, -0.1) is 0 Å². The van der Waals surface area contributed by atoms with Crippen LogP contribution in [0.5, 0.6) is 0 Å². The van der Waals surface area contributed by atoms with Gasteiger partial charge in [0.15, 0.2) is 23.3 Å². The third-order valence-corrected chi connectivity index (χ3v) is 3.77. The van der Waals surface area contributed by atoms with Crippen LogP contribution in [0.15, 0.2) is 6.07 Å². The van der Waals surface area contributed by atoms with E-state index < -0.39 is 53.9 Å². The fraction of sp³-hybridized carbons (Fsp3) is 0.571. The molecule has 1 fully saturated rings. The number of alkyl halides is 3. The van der Waals surface area contributed by atoms with Gasteiger partial charge < -0.3 is 5.32 Å². The van der Waals surface area contributed by atoms with Gasteiger partial charge in [-0.05, 0) is 6.42 Å². The average molecular weight is 344 g/mol. The molecule has 0 aromatic heterocycles. The SMILES string of the molecule is Fc1cc(F)c(F)c([C@H](CCC(F)(F)F)N2CCNCC2)c1F. The zero-order valence-electron chi connectivity index (χ0n) is 12.0. The Hall–Kier alpha value is -1.35. The third kappa shape index (κ3) is 4.35. The van der Waals surface area contributed by atoms with Crippen molar-refractivity contribution in [1.29, 1.82) is 0 Å². The van der Waals surface area contributed by atoms with Crippen molar-refractivity contribution in [2.75, 3.05) is 26.2 Å². The number of hydrogen-bond donors (Lipinski definition) is 1. The molecule has 1 N–H and O–H groups in total. The van der Waals surface area contributed by atoms with E-state index in [1.54, 1.807) is 0 Å². The van der Waals surface area contributed by atoms with Crippen molar-refractivity contribution >= 4 is 0 Å². The van der Waals surface area contributed by atoms with Crippen molar-refractivity contribution in [2.24, 2.45) is 0 Å². The molecule has 0 unspecified atom stereocenters. The van der Waals surface area contributed by atoms with Crippen LogP contribution in [0.2, 0.25) is 0 Å². The largest absolute Gasteiger partial charge is 0.389 e. The highest BCUT2D eigenvalue weighted by Crippen LogP contribution is 2.35. The predicted octanol–water partition coefficient (Wildman–Crippen LogP) is 3.53. The van der Waals surface area contributed by atoms with Crippen molar-refractivity contribution in [1.82, 2.24) is 10.2 Å². The lowest BCUT2D eigenvalue weighted by molar-refractivity contribution is -0.138. The molecule has 1 heterocycles. The molecule has 0 radical (unpaired) electrons. The quantitative estimate of drug-likeness (QED) is 0.664. The molecule has 130 valence electrons. The van der Waals surface area contributed by atoms with Gasteiger partial charge in [0, 0.05) is 50.3 Å². The van der Waals surface area contributed by atoms with Crippen molar-refractivity contribution < 1.29 is 30.7 Å². The molecule has 1 aromatic carbocycles. The van der Waals surface area contributed by atoms with Crippen LogP contribution in [0.1, 0.15) is 24.4 Å². The summed E-state index contributed by atoms with van der Waals surface area (Å²) >= 11 is 0. The van der Waals surface area contributed by atoms with Gasteiger partial charge in [-0.1, -0.05) is 0 Å². The van der Waals surface area contributed by atoms with Gasteiger partial charge in [0.1, 0.15) is 0 Å². The molecule has 1 aromatic rings. The van der Waals surface area contributed by atoms with Gasteiger partial charge in [0.25, 0.3) is 0 Å². The maximum atomic E-state index is 14.0. The monoisotopic (exact) mass is 344 g/mol. The van der Waals surface area contributed by atoms with Gasteiger partial charge >= 0.3 is 6.18 Å². The predicted molar refractivity (Wildman–Crippen MR) is 68.7 cm³/mol. The zero-order valence-corrected chi connectivity index (χ0v) is 12.0. The molecule has 0 amide bonds. The molecular weight excluding hydrogens is 329 g/mol. The summed E-state index contributed by atoms with van der Waals surface area (Å²) in [7, 11) is 0. The summed E-state index contributed by atoms with van der Waals surface area (Å²) in [5.74, 6) is -6.53. The Balaban J connectivity index is 2.40. The number of benzene rings is 1. The Labute approximate surface area is 128 Å². The molecule has 9 heteroatoms. The molecule has 2 rings (SSSR count). The molecule has 0 spiro atoms. The first-order chi connectivity index (χ1) is 10.7. The molecule has 1 atom stereocenters. The zero-order chi connectivity index (χ0) is 17.2. The lowest BCUT2D eigenvalue weighted by atomic mass is 9.97. The van der Waals surface area contributed by atoms with E-state index in [0.29, 0.717) is 13.1 Å². The number of nitrogens with zero attached hydrogens (tertiary/aromatic N) is 1. The van der Waals surface area contributed by atoms with E-state index in [1.165, 1.54) is 4.90 Å². The summed E-state index contributed by atoms with van der Waals surface area (Å²) in [5.41, 5.74) is -0.978.